The van der Waals surface area contributed by atoms with E-state index >= 15 is 0 Å². The number of anilines is 3. The molecule has 28 heavy (non-hydrogen) atoms. The molecule has 150 valence electrons. The third kappa shape index (κ3) is 6.16. The Labute approximate surface area is 164 Å². The number of amides is 1. The predicted octanol–water partition coefficient (Wildman–Crippen LogP) is 2.72. The molecule has 0 aliphatic heterocycles. The zero-order valence-electron chi connectivity index (χ0n) is 16.3. The highest BCUT2D eigenvalue weighted by atomic mass is 19.1. The number of nitrogens with zero attached hydrogens (tertiary/aromatic N) is 3. The first-order valence-electron chi connectivity index (χ1n) is 9.56. The highest BCUT2D eigenvalue weighted by Crippen LogP contribution is 2.42. The van der Waals surface area contributed by atoms with Crippen molar-refractivity contribution in [3.63, 3.8) is 0 Å². The zero-order valence-corrected chi connectivity index (χ0v) is 16.3. The number of rotatable bonds is 10. The van der Waals surface area contributed by atoms with Gasteiger partial charge in [-0.3, -0.25) is 4.79 Å². The lowest BCUT2D eigenvalue weighted by Gasteiger charge is -2.13. The van der Waals surface area contributed by atoms with Crippen LogP contribution in [0.25, 0.3) is 0 Å². The normalized spacial score (nSPS) is 13.4. The molecule has 1 amide bonds. The second-order valence-corrected chi connectivity index (χ2v) is 7.28. The maximum atomic E-state index is 13.4. The van der Waals surface area contributed by atoms with E-state index in [0.717, 1.165) is 30.6 Å². The summed E-state index contributed by atoms with van der Waals surface area (Å²) in [7, 11) is 3.73. The van der Waals surface area contributed by atoms with Gasteiger partial charge in [0, 0.05) is 30.5 Å². The lowest BCUT2D eigenvalue weighted by molar-refractivity contribution is -0.121. The topological polar surface area (TPSA) is 82.2 Å². The lowest BCUT2D eigenvalue weighted by Crippen LogP contribution is -2.34. The van der Waals surface area contributed by atoms with E-state index in [9.17, 15) is 9.18 Å². The molecular formula is C20H27FN6O. The van der Waals surface area contributed by atoms with Crippen LogP contribution in [-0.4, -0.2) is 54.5 Å². The second kappa shape index (κ2) is 9.45. The third-order valence-electron chi connectivity index (χ3n) is 4.34. The number of hydrogen-bond donors (Lipinski definition) is 3. The zero-order chi connectivity index (χ0) is 19.9. The summed E-state index contributed by atoms with van der Waals surface area (Å²) >= 11 is 0. The molecule has 0 unspecified atom stereocenters. The standard InChI is InChI=1S/C20H27FN6O/c1-27(2)13-18(28)22-9-4-10-23-19-17(14-7-8-14)12-24-20(26-19)25-16-6-3-5-15(21)11-16/h3,5-6,11-12,14H,4,7-10,13H2,1-2H3,(H,22,28)(H2,23,24,25,26). The van der Waals surface area contributed by atoms with Gasteiger partial charge in [-0.15, -0.1) is 0 Å². The van der Waals surface area contributed by atoms with E-state index in [4.69, 9.17) is 0 Å². The Morgan fingerprint density at radius 1 is 1.29 bits per heavy atom. The fourth-order valence-electron chi connectivity index (χ4n) is 2.85. The molecule has 1 aromatic heterocycles. The Hall–Kier alpha value is -2.74. The number of hydrogen-bond acceptors (Lipinski definition) is 6. The molecule has 1 fully saturated rings. The van der Waals surface area contributed by atoms with Crippen LogP contribution in [0.5, 0.6) is 0 Å². The van der Waals surface area contributed by atoms with Gasteiger partial charge in [-0.05, 0) is 57.5 Å². The average Bonchev–Trinajstić information content (AvgIpc) is 3.46. The fraction of sp³-hybridized carbons (Fsp3) is 0.450. The summed E-state index contributed by atoms with van der Waals surface area (Å²) in [5, 5.41) is 9.30. The van der Waals surface area contributed by atoms with Gasteiger partial charge in [0.1, 0.15) is 11.6 Å². The lowest BCUT2D eigenvalue weighted by atomic mass is 10.2. The van der Waals surface area contributed by atoms with Gasteiger partial charge in [-0.25, -0.2) is 9.37 Å². The molecule has 1 aliphatic carbocycles. The monoisotopic (exact) mass is 386 g/mol. The van der Waals surface area contributed by atoms with Gasteiger partial charge in [0.05, 0.1) is 6.54 Å². The number of carbonyl (C=O) groups is 1. The molecule has 1 heterocycles. The predicted molar refractivity (Wildman–Crippen MR) is 108 cm³/mol. The summed E-state index contributed by atoms with van der Waals surface area (Å²) in [6, 6.07) is 6.21. The molecular weight excluding hydrogens is 359 g/mol. The van der Waals surface area contributed by atoms with Gasteiger partial charge >= 0.3 is 0 Å². The molecule has 0 bridgehead atoms. The van der Waals surface area contributed by atoms with Crippen molar-refractivity contribution in [3.8, 4) is 0 Å². The van der Waals surface area contributed by atoms with E-state index < -0.39 is 0 Å². The summed E-state index contributed by atoms with van der Waals surface area (Å²) in [6.07, 6.45) is 4.93. The van der Waals surface area contributed by atoms with Gasteiger partial charge in [0.15, 0.2) is 0 Å². The highest BCUT2D eigenvalue weighted by Gasteiger charge is 2.27. The number of halogens is 1. The van der Waals surface area contributed by atoms with Crippen molar-refractivity contribution in [3.05, 3.63) is 41.8 Å². The van der Waals surface area contributed by atoms with E-state index in [1.165, 1.54) is 12.1 Å². The molecule has 0 radical (unpaired) electrons. The van der Waals surface area contributed by atoms with Gasteiger partial charge in [0.25, 0.3) is 0 Å². The largest absolute Gasteiger partial charge is 0.370 e. The number of carbonyl (C=O) groups excluding carboxylic acids is 1. The summed E-state index contributed by atoms with van der Waals surface area (Å²) in [5.74, 6) is 1.44. The van der Waals surface area contributed by atoms with Crippen LogP contribution in [0, 0.1) is 5.82 Å². The summed E-state index contributed by atoms with van der Waals surface area (Å²) in [6.45, 7) is 1.69. The molecule has 1 aliphatic rings. The molecule has 7 nitrogen and oxygen atoms in total. The van der Waals surface area contributed by atoms with Crippen molar-refractivity contribution in [2.24, 2.45) is 0 Å². The first-order valence-corrected chi connectivity index (χ1v) is 9.56. The maximum Gasteiger partial charge on any atom is 0.234 e. The van der Waals surface area contributed by atoms with Crippen LogP contribution in [0.15, 0.2) is 30.5 Å². The molecule has 3 rings (SSSR count). The average molecular weight is 386 g/mol. The van der Waals surface area contributed by atoms with Crippen molar-refractivity contribution in [1.82, 2.24) is 20.2 Å². The van der Waals surface area contributed by atoms with Crippen LogP contribution in [0.4, 0.5) is 21.8 Å². The second-order valence-electron chi connectivity index (χ2n) is 7.28. The molecule has 0 spiro atoms. The van der Waals surface area contributed by atoms with E-state index in [1.54, 1.807) is 12.1 Å². The SMILES string of the molecule is CN(C)CC(=O)NCCCNc1nc(Nc2cccc(F)c2)ncc1C1CC1. The van der Waals surface area contributed by atoms with Crippen molar-refractivity contribution in [2.75, 3.05) is 44.4 Å². The molecule has 3 N–H and O–H groups in total. The first-order chi connectivity index (χ1) is 13.5. The van der Waals surface area contributed by atoms with E-state index in [2.05, 4.69) is 25.9 Å². The van der Waals surface area contributed by atoms with Crippen molar-refractivity contribution < 1.29 is 9.18 Å². The van der Waals surface area contributed by atoms with E-state index in [0.29, 0.717) is 37.2 Å². The fourth-order valence-corrected chi connectivity index (χ4v) is 2.85. The van der Waals surface area contributed by atoms with Crippen molar-refractivity contribution >= 4 is 23.4 Å². The van der Waals surface area contributed by atoms with Crippen LogP contribution in [-0.2, 0) is 4.79 Å². The van der Waals surface area contributed by atoms with Crippen LogP contribution >= 0.6 is 0 Å². The molecule has 1 saturated carbocycles. The number of benzene rings is 1. The van der Waals surface area contributed by atoms with Crippen molar-refractivity contribution in [1.29, 1.82) is 0 Å². The van der Waals surface area contributed by atoms with Crippen LogP contribution < -0.4 is 16.0 Å². The van der Waals surface area contributed by atoms with Crippen LogP contribution in [0.1, 0.15) is 30.7 Å². The Morgan fingerprint density at radius 3 is 2.82 bits per heavy atom. The number of nitrogens with one attached hydrogen (secondary N) is 3. The van der Waals surface area contributed by atoms with Crippen LogP contribution in [0.2, 0.25) is 0 Å². The smallest absolute Gasteiger partial charge is 0.234 e. The van der Waals surface area contributed by atoms with Gasteiger partial charge < -0.3 is 20.9 Å². The Kier molecular flexibility index (Phi) is 6.76. The minimum absolute atomic E-state index is 0.0206. The summed E-state index contributed by atoms with van der Waals surface area (Å²) in [4.78, 5) is 22.4. The minimum Gasteiger partial charge on any atom is -0.370 e. The van der Waals surface area contributed by atoms with Gasteiger partial charge in [-0.2, -0.15) is 4.98 Å². The van der Waals surface area contributed by atoms with Gasteiger partial charge in [0.2, 0.25) is 11.9 Å². The highest BCUT2D eigenvalue weighted by molar-refractivity contribution is 5.77. The molecule has 8 heteroatoms. The summed E-state index contributed by atoms with van der Waals surface area (Å²) in [5.41, 5.74) is 1.72. The Balaban J connectivity index is 1.55. The number of likely N-dealkylation sites (N-methyl/N-ethyl adjacent to an activating group) is 1. The van der Waals surface area contributed by atoms with E-state index in [1.807, 2.05) is 25.2 Å². The Morgan fingerprint density at radius 2 is 2.11 bits per heavy atom. The van der Waals surface area contributed by atoms with Gasteiger partial charge in [-0.1, -0.05) is 6.07 Å². The molecule has 2 aromatic rings. The molecule has 1 aromatic carbocycles. The van der Waals surface area contributed by atoms with E-state index in [-0.39, 0.29) is 11.7 Å². The van der Waals surface area contributed by atoms with Crippen molar-refractivity contribution in [2.45, 2.75) is 25.2 Å². The summed E-state index contributed by atoms with van der Waals surface area (Å²) < 4.78 is 13.4. The first kappa shape index (κ1) is 20.0. The maximum absolute atomic E-state index is 13.4. The molecule has 0 saturated heterocycles. The third-order valence-corrected chi connectivity index (χ3v) is 4.34. The molecule has 0 atom stereocenters. The Bertz CT molecular complexity index is 809. The quantitative estimate of drug-likeness (QED) is 0.545. The van der Waals surface area contributed by atoms with Crippen LogP contribution in [0.3, 0.4) is 0 Å². The number of aromatic nitrogens is 2. The minimum atomic E-state index is -0.311.